The van der Waals surface area contributed by atoms with Crippen LogP contribution in [0.15, 0.2) is 0 Å². The number of carbonyl (C=O) groups is 1. The summed E-state index contributed by atoms with van der Waals surface area (Å²) in [6.45, 7) is 9.29. The van der Waals surface area contributed by atoms with E-state index in [9.17, 15) is 4.79 Å². The molecular weight excluding hydrogens is 282 g/mol. The van der Waals surface area contributed by atoms with Crippen LogP contribution in [0.1, 0.15) is 24.6 Å². The maximum atomic E-state index is 12.0. The number of hydrogen-bond acceptors (Lipinski definition) is 4. The second-order valence-corrected chi connectivity index (χ2v) is 5.58. The summed E-state index contributed by atoms with van der Waals surface area (Å²) in [5.41, 5.74) is 2.05. The van der Waals surface area contributed by atoms with E-state index in [2.05, 4.69) is 27.6 Å². The standard InChI is InChI=1S/C15H27N5O2/c1-4-13-12(2)18-19(3)14(13)17-15(21)16-6-5-7-20-8-10-22-11-9-20/h4-11H2,1-3H3,(H2,16,17,21). The molecule has 2 heterocycles. The summed E-state index contributed by atoms with van der Waals surface area (Å²) in [5.74, 6) is 0.783. The molecule has 7 heteroatoms. The maximum Gasteiger partial charge on any atom is 0.320 e. The van der Waals surface area contributed by atoms with Crippen LogP contribution in [0.2, 0.25) is 0 Å². The zero-order chi connectivity index (χ0) is 15.9. The van der Waals surface area contributed by atoms with E-state index in [4.69, 9.17) is 4.74 Å². The number of amides is 2. The lowest BCUT2D eigenvalue weighted by molar-refractivity contribution is 0.0375. The Balaban J connectivity index is 1.71. The molecule has 0 aliphatic carbocycles. The molecular formula is C15H27N5O2. The largest absolute Gasteiger partial charge is 0.379 e. The van der Waals surface area contributed by atoms with Crippen molar-refractivity contribution in [2.24, 2.45) is 7.05 Å². The number of nitrogens with zero attached hydrogens (tertiary/aromatic N) is 3. The van der Waals surface area contributed by atoms with Crippen molar-refractivity contribution in [2.45, 2.75) is 26.7 Å². The molecule has 124 valence electrons. The Morgan fingerprint density at radius 1 is 1.36 bits per heavy atom. The van der Waals surface area contributed by atoms with Gasteiger partial charge in [-0.15, -0.1) is 0 Å². The monoisotopic (exact) mass is 309 g/mol. The van der Waals surface area contributed by atoms with Crippen molar-refractivity contribution < 1.29 is 9.53 Å². The highest BCUT2D eigenvalue weighted by atomic mass is 16.5. The molecule has 1 aromatic rings. The van der Waals surface area contributed by atoms with Gasteiger partial charge in [-0.25, -0.2) is 4.79 Å². The van der Waals surface area contributed by atoms with Gasteiger partial charge in [-0.2, -0.15) is 5.10 Å². The maximum absolute atomic E-state index is 12.0. The van der Waals surface area contributed by atoms with Gasteiger partial charge in [-0.05, 0) is 26.3 Å². The third kappa shape index (κ3) is 4.45. The molecule has 0 radical (unpaired) electrons. The Bertz CT molecular complexity index is 494. The fourth-order valence-corrected chi connectivity index (χ4v) is 2.76. The first kappa shape index (κ1) is 16.8. The van der Waals surface area contributed by atoms with Crippen LogP contribution < -0.4 is 10.6 Å². The molecule has 7 nitrogen and oxygen atoms in total. The van der Waals surface area contributed by atoms with Gasteiger partial charge in [-0.3, -0.25) is 14.9 Å². The Morgan fingerprint density at radius 3 is 2.77 bits per heavy atom. The van der Waals surface area contributed by atoms with Gasteiger partial charge in [0.25, 0.3) is 0 Å². The highest BCUT2D eigenvalue weighted by Gasteiger charge is 2.14. The predicted molar refractivity (Wildman–Crippen MR) is 86.2 cm³/mol. The van der Waals surface area contributed by atoms with Crippen LogP contribution in [0, 0.1) is 6.92 Å². The van der Waals surface area contributed by atoms with Gasteiger partial charge in [0.15, 0.2) is 0 Å². The van der Waals surface area contributed by atoms with Crippen LogP contribution in [0.3, 0.4) is 0 Å². The lowest BCUT2D eigenvalue weighted by Crippen LogP contribution is -2.38. The number of aryl methyl sites for hydroxylation is 2. The number of hydrogen-bond donors (Lipinski definition) is 2. The number of morpholine rings is 1. The molecule has 1 aliphatic rings. The topological polar surface area (TPSA) is 71.4 Å². The van der Waals surface area contributed by atoms with E-state index >= 15 is 0 Å². The van der Waals surface area contributed by atoms with Crippen molar-refractivity contribution in [2.75, 3.05) is 44.7 Å². The second-order valence-electron chi connectivity index (χ2n) is 5.58. The summed E-state index contributed by atoms with van der Waals surface area (Å²) in [6.07, 6.45) is 1.80. The molecule has 0 spiro atoms. The summed E-state index contributed by atoms with van der Waals surface area (Å²) in [5, 5.41) is 10.2. The quantitative estimate of drug-likeness (QED) is 0.773. The van der Waals surface area contributed by atoms with E-state index < -0.39 is 0 Å². The van der Waals surface area contributed by atoms with Crippen LogP contribution in [0.5, 0.6) is 0 Å². The number of urea groups is 1. The van der Waals surface area contributed by atoms with Gasteiger partial charge in [0.2, 0.25) is 0 Å². The first-order valence-corrected chi connectivity index (χ1v) is 7.99. The zero-order valence-corrected chi connectivity index (χ0v) is 13.8. The fraction of sp³-hybridized carbons (Fsp3) is 0.733. The average molecular weight is 309 g/mol. The number of nitrogens with one attached hydrogen (secondary N) is 2. The van der Waals surface area contributed by atoms with E-state index in [0.29, 0.717) is 6.54 Å². The summed E-state index contributed by atoms with van der Waals surface area (Å²) < 4.78 is 7.04. The SMILES string of the molecule is CCc1c(C)nn(C)c1NC(=O)NCCCN1CCOCC1. The van der Waals surface area contributed by atoms with Crippen molar-refractivity contribution >= 4 is 11.8 Å². The molecule has 0 atom stereocenters. The number of carbonyl (C=O) groups excluding carboxylic acids is 1. The van der Waals surface area contributed by atoms with Crippen LogP contribution in [-0.2, 0) is 18.2 Å². The molecule has 0 unspecified atom stereocenters. The molecule has 1 aliphatic heterocycles. The van der Waals surface area contributed by atoms with Gasteiger partial charge in [0, 0.05) is 32.2 Å². The minimum Gasteiger partial charge on any atom is -0.379 e. The molecule has 0 bridgehead atoms. The minimum atomic E-state index is -0.167. The Morgan fingerprint density at radius 2 is 2.09 bits per heavy atom. The first-order valence-electron chi connectivity index (χ1n) is 7.99. The first-order chi connectivity index (χ1) is 10.6. The van der Waals surface area contributed by atoms with Gasteiger partial charge in [-0.1, -0.05) is 6.92 Å². The summed E-state index contributed by atoms with van der Waals surface area (Å²) >= 11 is 0. The molecule has 1 fully saturated rings. The summed E-state index contributed by atoms with van der Waals surface area (Å²) in [4.78, 5) is 14.4. The van der Waals surface area contributed by atoms with Crippen molar-refractivity contribution in [1.29, 1.82) is 0 Å². The van der Waals surface area contributed by atoms with Crippen molar-refractivity contribution in [3.63, 3.8) is 0 Å². The molecule has 1 saturated heterocycles. The summed E-state index contributed by atoms with van der Waals surface area (Å²) in [6, 6.07) is -0.167. The Hall–Kier alpha value is -1.60. The van der Waals surface area contributed by atoms with Crippen molar-refractivity contribution in [1.82, 2.24) is 20.0 Å². The second kappa shape index (κ2) is 8.14. The molecule has 2 rings (SSSR count). The minimum absolute atomic E-state index is 0.167. The third-order valence-corrected chi connectivity index (χ3v) is 3.97. The molecule has 2 amide bonds. The average Bonchev–Trinajstić information content (AvgIpc) is 2.78. The summed E-state index contributed by atoms with van der Waals surface area (Å²) in [7, 11) is 1.85. The highest BCUT2D eigenvalue weighted by Crippen LogP contribution is 2.18. The van der Waals surface area contributed by atoms with Gasteiger partial charge < -0.3 is 10.1 Å². The van der Waals surface area contributed by atoms with Crippen LogP contribution in [-0.4, -0.2) is 60.1 Å². The number of aromatic nitrogens is 2. The van der Waals surface area contributed by atoms with Gasteiger partial charge >= 0.3 is 6.03 Å². The lowest BCUT2D eigenvalue weighted by atomic mass is 10.2. The van der Waals surface area contributed by atoms with E-state index in [1.165, 1.54) is 0 Å². The number of anilines is 1. The van der Waals surface area contributed by atoms with Gasteiger partial charge in [0.05, 0.1) is 18.9 Å². The van der Waals surface area contributed by atoms with Crippen molar-refractivity contribution in [3.8, 4) is 0 Å². The van der Waals surface area contributed by atoms with Crippen LogP contribution >= 0.6 is 0 Å². The smallest absolute Gasteiger partial charge is 0.320 e. The Kier molecular flexibility index (Phi) is 6.21. The lowest BCUT2D eigenvalue weighted by Gasteiger charge is -2.26. The fourth-order valence-electron chi connectivity index (χ4n) is 2.76. The molecule has 1 aromatic heterocycles. The van der Waals surface area contributed by atoms with Crippen molar-refractivity contribution in [3.05, 3.63) is 11.3 Å². The number of rotatable bonds is 6. The predicted octanol–water partition coefficient (Wildman–Crippen LogP) is 1.13. The van der Waals surface area contributed by atoms with Crippen LogP contribution in [0.4, 0.5) is 10.6 Å². The highest BCUT2D eigenvalue weighted by molar-refractivity contribution is 5.89. The normalized spacial score (nSPS) is 15.8. The third-order valence-electron chi connectivity index (χ3n) is 3.97. The Labute approximate surface area is 132 Å². The van der Waals surface area contributed by atoms with E-state index in [1.807, 2.05) is 14.0 Å². The molecule has 0 saturated carbocycles. The molecule has 0 aromatic carbocycles. The molecule has 2 N–H and O–H groups in total. The van der Waals surface area contributed by atoms with E-state index in [1.54, 1.807) is 4.68 Å². The van der Waals surface area contributed by atoms with Crippen LogP contribution in [0.25, 0.3) is 0 Å². The van der Waals surface area contributed by atoms with E-state index in [0.717, 1.165) is 62.8 Å². The van der Waals surface area contributed by atoms with Gasteiger partial charge in [0.1, 0.15) is 5.82 Å². The van der Waals surface area contributed by atoms with E-state index in [-0.39, 0.29) is 6.03 Å². The number of ether oxygens (including phenoxy) is 1. The molecule has 22 heavy (non-hydrogen) atoms. The zero-order valence-electron chi connectivity index (χ0n) is 13.8.